The Morgan fingerprint density at radius 1 is 1.03 bits per heavy atom. The van der Waals surface area contributed by atoms with Crippen LogP contribution in [0.15, 0.2) is 73.1 Å². The topological polar surface area (TPSA) is 81.4 Å². The van der Waals surface area contributed by atoms with E-state index in [-0.39, 0.29) is 12.5 Å². The van der Waals surface area contributed by atoms with E-state index in [1.54, 1.807) is 10.8 Å². The van der Waals surface area contributed by atoms with Gasteiger partial charge in [-0.15, -0.1) is 10.2 Å². The van der Waals surface area contributed by atoms with Crippen LogP contribution in [0.25, 0.3) is 26.3 Å². The van der Waals surface area contributed by atoms with Gasteiger partial charge in [-0.1, -0.05) is 41.7 Å². The zero-order valence-corrected chi connectivity index (χ0v) is 16.0. The van der Waals surface area contributed by atoms with Gasteiger partial charge in [0.1, 0.15) is 17.1 Å². The van der Waals surface area contributed by atoms with Crippen molar-refractivity contribution in [2.45, 2.75) is 0 Å². The van der Waals surface area contributed by atoms with Crippen LogP contribution in [-0.4, -0.2) is 32.3 Å². The first kappa shape index (κ1) is 17.3. The highest BCUT2D eigenvalue weighted by atomic mass is 32.1. The zero-order valence-electron chi connectivity index (χ0n) is 15.1. The van der Waals surface area contributed by atoms with Gasteiger partial charge in [-0.2, -0.15) is 9.61 Å². The van der Waals surface area contributed by atoms with Gasteiger partial charge in [0, 0.05) is 11.3 Å². The number of fused-ring (bicyclic) bond motifs is 2. The fraction of sp³-hybridized carbons (Fsp3) is 0.0476. The Morgan fingerprint density at radius 3 is 2.69 bits per heavy atom. The van der Waals surface area contributed by atoms with Gasteiger partial charge in [0.2, 0.25) is 4.96 Å². The summed E-state index contributed by atoms with van der Waals surface area (Å²) in [7, 11) is 0. The summed E-state index contributed by atoms with van der Waals surface area (Å²) in [6.45, 7) is -0.0588. The molecule has 8 heteroatoms. The Labute approximate surface area is 169 Å². The number of aromatic nitrogens is 4. The predicted molar refractivity (Wildman–Crippen MR) is 112 cm³/mol. The summed E-state index contributed by atoms with van der Waals surface area (Å²) in [5.41, 5.74) is 1.65. The van der Waals surface area contributed by atoms with Crippen molar-refractivity contribution in [3.8, 4) is 16.3 Å². The van der Waals surface area contributed by atoms with Gasteiger partial charge in [-0.25, -0.2) is 0 Å². The molecule has 1 amide bonds. The van der Waals surface area contributed by atoms with E-state index in [4.69, 9.17) is 4.74 Å². The van der Waals surface area contributed by atoms with Crippen molar-refractivity contribution < 1.29 is 9.53 Å². The number of benzene rings is 3. The van der Waals surface area contributed by atoms with Crippen molar-refractivity contribution in [3.05, 3.63) is 73.1 Å². The van der Waals surface area contributed by atoms with E-state index in [0.29, 0.717) is 11.4 Å². The molecule has 29 heavy (non-hydrogen) atoms. The second-order valence-corrected chi connectivity index (χ2v) is 7.34. The van der Waals surface area contributed by atoms with Gasteiger partial charge in [0.25, 0.3) is 5.91 Å². The average molecular weight is 401 g/mol. The highest BCUT2D eigenvalue weighted by Gasteiger charge is 2.09. The van der Waals surface area contributed by atoms with E-state index in [1.165, 1.54) is 11.3 Å². The van der Waals surface area contributed by atoms with Crippen LogP contribution in [0.4, 0.5) is 5.69 Å². The maximum absolute atomic E-state index is 12.2. The lowest BCUT2D eigenvalue weighted by Gasteiger charge is -2.09. The first-order chi connectivity index (χ1) is 14.2. The Hall–Kier alpha value is -3.78. The number of nitrogens with zero attached hydrogens (tertiary/aromatic N) is 4. The van der Waals surface area contributed by atoms with Gasteiger partial charge in [-0.05, 0) is 47.2 Å². The molecular weight excluding hydrogens is 386 g/mol. The molecule has 0 spiro atoms. The van der Waals surface area contributed by atoms with E-state index in [2.05, 4.69) is 20.6 Å². The molecule has 0 aliphatic carbocycles. The third-order valence-corrected chi connectivity index (χ3v) is 5.36. The molecule has 5 aromatic rings. The lowest BCUT2D eigenvalue weighted by atomic mass is 10.1. The molecule has 0 aliphatic rings. The molecule has 0 unspecified atom stereocenters. The van der Waals surface area contributed by atoms with E-state index < -0.39 is 0 Å². The van der Waals surface area contributed by atoms with E-state index >= 15 is 0 Å². The molecule has 2 aromatic heterocycles. The lowest BCUT2D eigenvalue weighted by molar-refractivity contribution is -0.118. The molecule has 3 aromatic carbocycles. The number of rotatable bonds is 5. The second-order valence-electron chi connectivity index (χ2n) is 6.39. The summed E-state index contributed by atoms with van der Waals surface area (Å²) in [5, 5.41) is 18.1. The number of carbonyl (C=O) groups excluding carboxylic acids is 1. The van der Waals surface area contributed by atoms with Crippen LogP contribution in [0.2, 0.25) is 0 Å². The van der Waals surface area contributed by atoms with E-state index in [9.17, 15) is 4.79 Å². The average Bonchev–Trinajstić information content (AvgIpc) is 3.35. The van der Waals surface area contributed by atoms with Crippen molar-refractivity contribution in [1.29, 1.82) is 0 Å². The SMILES string of the molecule is O=C(COc1ccc2ccccc2c1)Nc1ccc(-c2nn3cnnc3s2)cc1. The van der Waals surface area contributed by atoms with Crippen molar-refractivity contribution in [1.82, 2.24) is 19.8 Å². The molecule has 5 rings (SSSR count). The Morgan fingerprint density at radius 2 is 1.86 bits per heavy atom. The highest BCUT2D eigenvalue weighted by molar-refractivity contribution is 7.19. The van der Waals surface area contributed by atoms with Gasteiger partial charge < -0.3 is 10.1 Å². The molecule has 1 N–H and O–H groups in total. The fourth-order valence-electron chi connectivity index (χ4n) is 2.98. The lowest BCUT2D eigenvalue weighted by Crippen LogP contribution is -2.20. The van der Waals surface area contributed by atoms with Crippen LogP contribution in [0, 0.1) is 0 Å². The van der Waals surface area contributed by atoms with Crippen molar-refractivity contribution in [2.24, 2.45) is 0 Å². The molecule has 0 aliphatic heterocycles. The Balaban J connectivity index is 1.21. The van der Waals surface area contributed by atoms with Crippen LogP contribution in [0.3, 0.4) is 0 Å². The fourth-order valence-corrected chi connectivity index (χ4v) is 3.80. The molecule has 142 valence electrons. The van der Waals surface area contributed by atoms with Gasteiger partial charge in [0.15, 0.2) is 6.61 Å². The van der Waals surface area contributed by atoms with Crippen LogP contribution in [0.5, 0.6) is 5.75 Å². The maximum atomic E-state index is 12.2. The smallest absolute Gasteiger partial charge is 0.262 e. The minimum Gasteiger partial charge on any atom is -0.484 e. The first-order valence-corrected chi connectivity index (χ1v) is 9.75. The standard InChI is InChI=1S/C21H15N5O2S/c27-19(12-28-18-10-7-14-3-1-2-4-16(14)11-18)23-17-8-5-15(6-9-17)20-25-26-13-22-24-21(26)29-20/h1-11,13H,12H2,(H,23,27). The summed E-state index contributed by atoms with van der Waals surface area (Å²) in [5.74, 6) is 0.446. The molecule has 0 radical (unpaired) electrons. The second kappa shape index (κ2) is 7.33. The third-order valence-electron chi connectivity index (χ3n) is 4.39. The van der Waals surface area contributed by atoms with E-state index in [0.717, 1.165) is 26.3 Å². The summed E-state index contributed by atoms with van der Waals surface area (Å²) < 4.78 is 7.27. The predicted octanol–water partition coefficient (Wildman–Crippen LogP) is 4.02. The van der Waals surface area contributed by atoms with Gasteiger partial charge in [-0.3, -0.25) is 4.79 Å². The Kier molecular flexibility index (Phi) is 4.38. The van der Waals surface area contributed by atoms with Crippen molar-refractivity contribution >= 4 is 38.7 Å². The summed E-state index contributed by atoms with van der Waals surface area (Å²) in [6, 6.07) is 21.3. The van der Waals surface area contributed by atoms with Gasteiger partial charge >= 0.3 is 0 Å². The number of ether oxygens (including phenoxy) is 1. The number of nitrogens with one attached hydrogen (secondary N) is 1. The molecule has 0 atom stereocenters. The summed E-state index contributed by atoms with van der Waals surface area (Å²) in [6.07, 6.45) is 1.57. The molecule has 7 nitrogen and oxygen atoms in total. The Bertz CT molecular complexity index is 1280. The van der Waals surface area contributed by atoms with Crippen molar-refractivity contribution in [3.63, 3.8) is 0 Å². The number of anilines is 1. The maximum Gasteiger partial charge on any atom is 0.262 e. The zero-order chi connectivity index (χ0) is 19.6. The van der Waals surface area contributed by atoms with Crippen LogP contribution in [-0.2, 0) is 4.79 Å². The first-order valence-electron chi connectivity index (χ1n) is 8.93. The number of hydrogen-bond acceptors (Lipinski definition) is 6. The van der Waals surface area contributed by atoms with Crippen LogP contribution < -0.4 is 10.1 Å². The largest absolute Gasteiger partial charge is 0.484 e. The molecule has 2 heterocycles. The normalized spacial score (nSPS) is 11.0. The molecule has 0 bridgehead atoms. The van der Waals surface area contributed by atoms with E-state index in [1.807, 2.05) is 66.7 Å². The van der Waals surface area contributed by atoms with Crippen LogP contribution in [0.1, 0.15) is 0 Å². The number of amides is 1. The molecular formula is C21H15N5O2S. The molecule has 0 fully saturated rings. The molecule has 0 saturated heterocycles. The highest BCUT2D eigenvalue weighted by Crippen LogP contribution is 2.26. The molecule has 0 saturated carbocycles. The summed E-state index contributed by atoms with van der Waals surface area (Å²) >= 11 is 1.45. The monoisotopic (exact) mass is 401 g/mol. The quantitative estimate of drug-likeness (QED) is 0.481. The number of hydrogen-bond donors (Lipinski definition) is 1. The summed E-state index contributed by atoms with van der Waals surface area (Å²) in [4.78, 5) is 13.0. The van der Waals surface area contributed by atoms with Crippen molar-refractivity contribution in [2.75, 3.05) is 11.9 Å². The minimum absolute atomic E-state index is 0.0588. The minimum atomic E-state index is -0.218. The third kappa shape index (κ3) is 3.65. The number of carbonyl (C=O) groups is 1. The van der Waals surface area contributed by atoms with Gasteiger partial charge in [0.05, 0.1) is 0 Å². The van der Waals surface area contributed by atoms with Crippen LogP contribution >= 0.6 is 11.3 Å².